The second-order valence-electron chi connectivity index (χ2n) is 5.05. The molecule has 0 aliphatic heterocycles. The van der Waals surface area contributed by atoms with E-state index in [0.717, 1.165) is 11.9 Å². The Labute approximate surface area is 119 Å². The molecule has 0 aliphatic rings. The summed E-state index contributed by atoms with van der Waals surface area (Å²) in [5.74, 6) is 0. The number of aromatic nitrogens is 2. The lowest BCUT2D eigenvalue weighted by molar-refractivity contribution is 0.796. The van der Waals surface area contributed by atoms with Crippen molar-refractivity contribution in [2.24, 2.45) is 0 Å². The van der Waals surface area contributed by atoms with Crippen LogP contribution in [0.25, 0.3) is 22.0 Å². The quantitative estimate of drug-likeness (QED) is 0.684. The molecule has 2 heteroatoms. The minimum absolute atomic E-state index is 1.06. The van der Waals surface area contributed by atoms with E-state index < -0.39 is 0 Å². The normalized spacial score (nSPS) is 10.8. The Morgan fingerprint density at radius 1 is 0.950 bits per heavy atom. The number of nitrogens with zero attached hydrogens (tertiary/aromatic N) is 2. The summed E-state index contributed by atoms with van der Waals surface area (Å²) in [7, 11) is 0. The first-order valence-electron chi connectivity index (χ1n) is 7.16. The lowest BCUT2D eigenvalue weighted by Gasteiger charge is -2.08. The van der Waals surface area contributed by atoms with Crippen LogP contribution in [0.5, 0.6) is 0 Å². The highest BCUT2D eigenvalue weighted by Crippen LogP contribution is 2.28. The smallest absolute Gasteiger partial charge is 0.0708 e. The maximum absolute atomic E-state index is 4.47. The van der Waals surface area contributed by atoms with Gasteiger partial charge in [0.2, 0.25) is 0 Å². The van der Waals surface area contributed by atoms with E-state index >= 15 is 0 Å². The van der Waals surface area contributed by atoms with Gasteiger partial charge in [-0.3, -0.25) is 9.97 Å². The summed E-state index contributed by atoms with van der Waals surface area (Å²) in [4.78, 5) is 8.57. The van der Waals surface area contributed by atoms with Crippen LogP contribution < -0.4 is 0 Å². The molecule has 0 saturated heterocycles. The van der Waals surface area contributed by atoms with Crippen molar-refractivity contribution in [1.82, 2.24) is 9.97 Å². The van der Waals surface area contributed by atoms with Gasteiger partial charge in [0.1, 0.15) is 0 Å². The van der Waals surface area contributed by atoms with Crippen molar-refractivity contribution in [3.63, 3.8) is 0 Å². The van der Waals surface area contributed by atoms with Crippen molar-refractivity contribution in [3.05, 3.63) is 60.6 Å². The van der Waals surface area contributed by atoms with Crippen LogP contribution in [-0.2, 0) is 6.42 Å². The predicted octanol–water partition coefficient (Wildman–Crippen LogP) is 4.64. The summed E-state index contributed by atoms with van der Waals surface area (Å²) in [5.41, 5.74) is 4.87. The fourth-order valence-electron chi connectivity index (χ4n) is 2.51. The largest absolute Gasteiger partial charge is 0.265 e. The Bertz CT molecular complexity index is 705. The van der Waals surface area contributed by atoms with E-state index in [4.69, 9.17) is 0 Å². The Balaban J connectivity index is 2.12. The summed E-state index contributed by atoms with van der Waals surface area (Å²) in [6.45, 7) is 2.23. The molecule has 0 amide bonds. The highest BCUT2D eigenvalue weighted by atomic mass is 14.6. The molecule has 0 spiro atoms. The number of rotatable bonds is 4. The Kier molecular flexibility index (Phi) is 3.73. The maximum atomic E-state index is 4.47. The minimum Gasteiger partial charge on any atom is -0.265 e. The third-order valence-electron chi connectivity index (χ3n) is 3.62. The molecule has 1 aromatic carbocycles. The molecule has 0 saturated carbocycles. The van der Waals surface area contributed by atoms with Crippen molar-refractivity contribution in [2.45, 2.75) is 26.2 Å². The van der Waals surface area contributed by atoms with Crippen molar-refractivity contribution >= 4 is 10.9 Å². The molecular weight excluding hydrogens is 244 g/mol. The number of pyridine rings is 2. The van der Waals surface area contributed by atoms with Gasteiger partial charge in [0.15, 0.2) is 0 Å². The fraction of sp³-hybridized carbons (Fsp3) is 0.222. The van der Waals surface area contributed by atoms with E-state index in [1.807, 2.05) is 30.7 Å². The van der Waals surface area contributed by atoms with E-state index in [1.54, 1.807) is 0 Å². The first kappa shape index (κ1) is 12.8. The van der Waals surface area contributed by atoms with Crippen molar-refractivity contribution in [2.75, 3.05) is 0 Å². The van der Waals surface area contributed by atoms with Crippen molar-refractivity contribution in [1.29, 1.82) is 0 Å². The Hall–Kier alpha value is -2.22. The standard InChI is InChI=1S/C18H18N2/c1-2-3-4-14-5-6-18-17(13-14)16(9-12-20-18)15-7-10-19-11-8-15/h5-13H,2-4H2,1H3. The third-order valence-corrected chi connectivity index (χ3v) is 3.62. The van der Waals surface area contributed by atoms with Crippen LogP contribution >= 0.6 is 0 Å². The SMILES string of the molecule is CCCCc1ccc2nccc(-c3ccncc3)c2c1. The molecule has 3 aromatic rings. The Morgan fingerprint density at radius 3 is 2.60 bits per heavy atom. The van der Waals surface area contributed by atoms with E-state index in [9.17, 15) is 0 Å². The highest BCUT2D eigenvalue weighted by Gasteiger charge is 2.05. The lowest BCUT2D eigenvalue weighted by atomic mass is 9.99. The predicted molar refractivity (Wildman–Crippen MR) is 83.6 cm³/mol. The summed E-state index contributed by atoms with van der Waals surface area (Å²) < 4.78 is 0. The van der Waals surface area contributed by atoms with Gasteiger partial charge in [-0.25, -0.2) is 0 Å². The van der Waals surface area contributed by atoms with E-state index in [1.165, 1.54) is 34.9 Å². The number of benzene rings is 1. The fourth-order valence-corrected chi connectivity index (χ4v) is 2.51. The van der Waals surface area contributed by atoms with Gasteiger partial charge >= 0.3 is 0 Å². The number of fused-ring (bicyclic) bond motifs is 1. The average Bonchev–Trinajstić information content (AvgIpc) is 2.53. The van der Waals surface area contributed by atoms with Gasteiger partial charge in [0.05, 0.1) is 5.52 Å². The molecule has 0 N–H and O–H groups in total. The average molecular weight is 262 g/mol. The zero-order chi connectivity index (χ0) is 13.8. The zero-order valence-corrected chi connectivity index (χ0v) is 11.7. The third kappa shape index (κ3) is 2.55. The molecule has 2 nitrogen and oxygen atoms in total. The van der Waals surface area contributed by atoms with Crippen molar-refractivity contribution < 1.29 is 0 Å². The second kappa shape index (κ2) is 5.83. The summed E-state index contributed by atoms with van der Waals surface area (Å²) in [5, 5.41) is 1.23. The molecular formula is C18H18N2. The molecule has 0 aliphatic carbocycles. The minimum atomic E-state index is 1.06. The van der Waals surface area contributed by atoms with Crippen LogP contribution in [0.2, 0.25) is 0 Å². The van der Waals surface area contributed by atoms with Gasteiger partial charge < -0.3 is 0 Å². The van der Waals surface area contributed by atoms with Crippen LogP contribution in [0.3, 0.4) is 0 Å². The van der Waals surface area contributed by atoms with Gasteiger partial charge in [0, 0.05) is 24.0 Å². The molecule has 0 atom stereocenters. The van der Waals surface area contributed by atoms with Gasteiger partial charge in [-0.15, -0.1) is 0 Å². The number of aryl methyl sites for hydroxylation is 1. The summed E-state index contributed by atoms with van der Waals surface area (Å²) in [6.07, 6.45) is 9.14. The number of hydrogen-bond acceptors (Lipinski definition) is 2. The highest BCUT2D eigenvalue weighted by molar-refractivity contribution is 5.94. The summed E-state index contributed by atoms with van der Waals surface area (Å²) in [6, 6.07) is 12.8. The number of hydrogen-bond donors (Lipinski definition) is 0. The molecule has 2 heterocycles. The van der Waals surface area contributed by atoms with E-state index in [-0.39, 0.29) is 0 Å². The summed E-state index contributed by atoms with van der Waals surface area (Å²) >= 11 is 0. The topological polar surface area (TPSA) is 25.8 Å². The van der Waals surface area contributed by atoms with Crippen LogP contribution in [0, 0.1) is 0 Å². The van der Waals surface area contributed by atoms with Crippen LogP contribution in [0.1, 0.15) is 25.3 Å². The monoisotopic (exact) mass is 262 g/mol. The number of unbranched alkanes of at least 4 members (excludes halogenated alkanes) is 1. The van der Waals surface area contributed by atoms with Gasteiger partial charge in [-0.2, -0.15) is 0 Å². The molecule has 0 bridgehead atoms. The Morgan fingerprint density at radius 2 is 1.80 bits per heavy atom. The second-order valence-corrected chi connectivity index (χ2v) is 5.05. The van der Waals surface area contributed by atoms with Crippen LogP contribution in [0.4, 0.5) is 0 Å². The molecule has 100 valence electrons. The first-order valence-corrected chi connectivity index (χ1v) is 7.16. The molecule has 0 radical (unpaired) electrons. The molecule has 20 heavy (non-hydrogen) atoms. The molecule has 2 aromatic heterocycles. The lowest BCUT2D eigenvalue weighted by Crippen LogP contribution is -1.89. The van der Waals surface area contributed by atoms with E-state index in [0.29, 0.717) is 0 Å². The first-order chi connectivity index (χ1) is 9.88. The van der Waals surface area contributed by atoms with Crippen LogP contribution in [-0.4, -0.2) is 9.97 Å². The maximum Gasteiger partial charge on any atom is 0.0708 e. The molecule has 3 rings (SSSR count). The van der Waals surface area contributed by atoms with Crippen molar-refractivity contribution in [3.8, 4) is 11.1 Å². The van der Waals surface area contributed by atoms with E-state index in [2.05, 4.69) is 41.2 Å². The molecule has 0 fully saturated rings. The van der Waals surface area contributed by atoms with Crippen LogP contribution in [0.15, 0.2) is 55.0 Å². The van der Waals surface area contributed by atoms with Gasteiger partial charge in [-0.1, -0.05) is 19.4 Å². The van der Waals surface area contributed by atoms with Gasteiger partial charge in [0.25, 0.3) is 0 Å². The molecule has 0 unspecified atom stereocenters. The van der Waals surface area contributed by atoms with Gasteiger partial charge in [-0.05, 0) is 59.9 Å². The zero-order valence-electron chi connectivity index (χ0n) is 11.7.